The van der Waals surface area contributed by atoms with Crippen LogP contribution in [0.3, 0.4) is 0 Å². The first-order chi connectivity index (χ1) is 23.6. The van der Waals surface area contributed by atoms with Gasteiger partial charge in [0.05, 0.1) is 12.8 Å². The maximum Gasteiger partial charge on any atom is 0.223 e. The van der Waals surface area contributed by atoms with Crippen LogP contribution < -0.4 is 10.2 Å². The lowest BCUT2D eigenvalue weighted by atomic mass is 10.0. The quantitative estimate of drug-likeness (QED) is 0.0900. The number of benzene rings is 2. The summed E-state index contributed by atoms with van der Waals surface area (Å²) >= 11 is 0. The van der Waals surface area contributed by atoms with Gasteiger partial charge in [0.2, 0.25) is 5.43 Å². The molecule has 0 radical (unpaired) electrons. The third kappa shape index (κ3) is 13.9. The molecule has 3 aromatic rings. The first-order valence-electron chi connectivity index (χ1n) is 19.6. The Morgan fingerprint density at radius 3 is 1.73 bits per heavy atom. The van der Waals surface area contributed by atoms with Crippen molar-refractivity contribution in [1.82, 2.24) is 14.4 Å². The van der Waals surface area contributed by atoms with Crippen LogP contribution in [0, 0.1) is 0 Å². The first-order valence-corrected chi connectivity index (χ1v) is 19.6. The fraction of sp³-hybridized carbons (Fsp3) is 0.605. The van der Waals surface area contributed by atoms with Crippen LogP contribution in [-0.4, -0.2) is 47.2 Å². The second kappa shape index (κ2) is 22.7. The molecule has 0 saturated carbocycles. The molecule has 48 heavy (non-hydrogen) atoms. The number of hydrogen-bond donors (Lipinski definition) is 0. The van der Waals surface area contributed by atoms with Crippen LogP contribution in [0.25, 0.3) is 0 Å². The zero-order valence-corrected chi connectivity index (χ0v) is 30.4. The summed E-state index contributed by atoms with van der Waals surface area (Å²) in [4.78, 5) is 18.3. The Morgan fingerprint density at radius 2 is 1.17 bits per heavy atom. The predicted octanol–water partition coefficient (Wildman–Crippen LogP) is 10.4. The summed E-state index contributed by atoms with van der Waals surface area (Å²) < 4.78 is 8.34. The molecule has 1 aliphatic heterocycles. The van der Waals surface area contributed by atoms with Gasteiger partial charge in [-0.15, -0.1) is 0 Å². The molecule has 0 aliphatic carbocycles. The van der Waals surface area contributed by atoms with E-state index in [9.17, 15) is 4.79 Å². The molecule has 4 rings (SSSR count). The highest BCUT2D eigenvalue weighted by molar-refractivity contribution is 5.25. The molecule has 2 heterocycles. The SMILES string of the molecule is CCCCCCCCCCCCCCCCCCOc1cn(Cc2ccccc2)c(CN2CCN(C(C)c3ccccc3)CC2)cc1=O. The highest BCUT2D eigenvalue weighted by atomic mass is 16.5. The summed E-state index contributed by atoms with van der Waals surface area (Å²) in [5, 5.41) is 0. The highest BCUT2D eigenvalue weighted by Crippen LogP contribution is 2.22. The monoisotopic (exact) mass is 656 g/mol. The molecule has 0 N–H and O–H groups in total. The number of nitrogens with zero attached hydrogens (tertiary/aromatic N) is 3. The smallest absolute Gasteiger partial charge is 0.223 e. The molecular formula is C43H65N3O2. The summed E-state index contributed by atoms with van der Waals surface area (Å²) in [7, 11) is 0. The molecule has 1 aliphatic rings. The fourth-order valence-corrected chi connectivity index (χ4v) is 7.08. The van der Waals surface area contributed by atoms with Crippen LogP contribution in [-0.2, 0) is 13.1 Å². The van der Waals surface area contributed by atoms with E-state index in [2.05, 4.69) is 88.9 Å². The molecular weight excluding hydrogens is 590 g/mol. The Labute approximate surface area is 292 Å². The minimum absolute atomic E-state index is 0.00198. The number of pyridine rings is 1. The van der Waals surface area contributed by atoms with Crippen molar-refractivity contribution in [3.05, 3.63) is 100.0 Å². The van der Waals surface area contributed by atoms with E-state index in [0.717, 1.165) is 51.4 Å². The molecule has 5 nitrogen and oxygen atoms in total. The van der Waals surface area contributed by atoms with Crippen molar-refractivity contribution in [2.24, 2.45) is 0 Å². The molecule has 5 heteroatoms. The van der Waals surface area contributed by atoms with Crippen molar-refractivity contribution < 1.29 is 4.74 Å². The zero-order chi connectivity index (χ0) is 33.7. The number of piperazine rings is 1. The van der Waals surface area contributed by atoms with E-state index in [1.807, 2.05) is 12.3 Å². The maximum atomic E-state index is 13.2. The normalized spacial score (nSPS) is 14.7. The minimum Gasteiger partial charge on any atom is -0.488 e. The van der Waals surface area contributed by atoms with Crippen molar-refractivity contribution >= 4 is 0 Å². The molecule has 0 amide bonds. The molecule has 1 aromatic heterocycles. The van der Waals surface area contributed by atoms with Gasteiger partial charge in [-0.3, -0.25) is 14.6 Å². The fourth-order valence-electron chi connectivity index (χ4n) is 7.08. The average Bonchev–Trinajstić information content (AvgIpc) is 3.12. The van der Waals surface area contributed by atoms with Crippen LogP contribution in [0.1, 0.15) is 139 Å². The van der Waals surface area contributed by atoms with Crippen molar-refractivity contribution in [1.29, 1.82) is 0 Å². The van der Waals surface area contributed by atoms with Crippen molar-refractivity contribution in [2.75, 3.05) is 32.8 Å². The minimum atomic E-state index is 0.00198. The lowest BCUT2D eigenvalue weighted by molar-refractivity contribution is 0.0962. The highest BCUT2D eigenvalue weighted by Gasteiger charge is 2.23. The van der Waals surface area contributed by atoms with E-state index in [1.54, 1.807) is 0 Å². The molecule has 1 atom stereocenters. The van der Waals surface area contributed by atoms with Gasteiger partial charge in [0.1, 0.15) is 0 Å². The van der Waals surface area contributed by atoms with Crippen LogP contribution >= 0.6 is 0 Å². The number of aromatic nitrogens is 1. The topological polar surface area (TPSA) is 37.7 Å². The lowest BCUT2D eigenvalue weighted by Crippen LogP contribution is -2.47. The number of unbranched alkanes of at least 4 members (excludes halogenated alkanes) is 15. The summed E-state index contributed by atoms with van der Waals surface area (Å²) in [6.07, 6.45) is 23.6. The standard InChI is InChI=1S/C43H65N3O2/c1-3-4-5-6-7-8-9-10-11-12-13-14-15-16-17-24-33-48-43-37-46(35-39-25-20-18-21-26-39)41(34-42(43)47)36-44-29-31-45(32-30-44)38(2)40-27-22-19-23-28-40/h18-23,25-28,34,37-38H,3-17,24,29-33,35-36H2,1-2H3. The molecule has 0 spiro atoms. The Kier molecular flexibility index (Phi) is 17.9. The molecule has 1 saturated heterocycles. The second-order valence-electron chi connectivity index (χ2n) is 14.2. The van der Waals surface area contributed by atoms with Gasteiger partial charge in [-0.2, -0.15) is 0 Å². The second-order valence-corrected chi connectivity index (χ2v) is 14.2. The van der Waals surface area contributed by atoms with Crippen LogP contribution in [0.4, 0.5) is 0 Å². The molecule has 1 unspecified atom stereocenters. The van der Waals surface area contributed by atoms with Gasteiger partial charge < -0.3 is 9.30 Å². The number of hydrogen-bond acceptors (Lipinski definition) is 4. The number of ether oxygens (including phenoxy) is 1. The number of rotatable bonds is 24. The summed E-state index contributed by atoms with van der Waals surface area (Å²) in [5.41, 5.74) is 3.66. The summed E-state index contributed by atoms with van der Waals surface area (Å²) in [6.45, 7) is 10.8. The van der Waals surface area contributed by atoms with E-state index >= 15 is 0 Å². The first kappa shape index (κ1) is 37.9. The van der Waals surface area contributed by atoms with E-state index < -0.39 is 0 Å². The zero-order valence-electron chi connectivity index (χ0n) is 30.4. The van der Waals surface area contributed by atoms with Crippen LogP contribution in [0.5, 0.6) is 5.75 Å². The Morgan fingerprint density at radius 1 is 0.646 bits per heavy atom. The molecule has 1 fully saturated rings. The van der Waals surface area contributed by atoms with Crippen LogP contribution in [0.2, 0.25) is 0 Å². The maximum absolute atomic E-state index is 13.2. The van der Waals surface area contributed by atoms with Crippen molar-refractivity contribution in [3.8, 4) is 5.75 Å². The van der Waals surface area contributed by atoms with Gasteiger partial charge in [-0.1, -0.05) is 164 Å². The summed E-state index contributed by atoms with van der Waals surface area (Å²) in [5.74, 6) is 0.483. The largest absolute Gasteiger partial charge is 0.488 e. The molecule has 0 bridgehead atoms. The average molecular weight is 656 g/mol. The summed E-state index contributed by atoms with van der Waals surface area (Å²) in [6, 6.07) is 23.6. The van der Waals surface area contributed by atoms with E-state index in [0.29, 0.717) is 18.4 Å². The molecule has 2 aromatic carbocycles. The van der Waals surface area contributed by atoms with Crippen molar-refractivity contribution in [3.63, 3.8) is 0 Å². The van der Waals surface area contributed by atoms with Crippen LogP contribution in [0.15, 0.2) is 77.7 Å². The third-order valence-corrected chi connectivity index (χ3v) is 10.3. The van der Waals surface area contributed by atoms with Gasteiger partial charge in [-0.05, 0) is 24.5 Å². The Hall–Kier alpha value is -2.89. The Bertz CT molecular complexity index is 1300. The van der Waals surface area contributed by atoms with Gasteiger partial charge in [0, 0.05) is 57.1 Å². The van der Waals surface area contributed by atoms with Gasteiger partial charge in [-0.25, -0.2) is 0 Å². The van der Waals surface area contributed by atoms with Gasteiger partial charge in [0.15, 0.2) is 5.75 Å². The van der Waals surface area contributed by atoms with Crippen molar-refractivity contribution in [2.45, 2.75) is 136 Å². The van der Waals surface area contributed by atoms with E-state index in [4.69, 9.17) is 4.74 Å². The van der Waals surface area contributed by atoms with E-state index in [-0.39, 0.29) is 5.43 Å². The Balaban J connectivity index is 1.16. The van der Waals surface area contributed by atoms with Gasteiger partial charge >= 0.3 is 0 Å². The van der Waals surface area contributed by atoms with Gasteiger partial charge in [0.25, 0.3) is 0 Å². The lowest BCUT2D eigenvalue weighted by Gasteiger charge is -2.38. The third-order valence-electron chi connectivity index (χ3n) is 10.3. The molecule has 264 valence electrons. The predicted molar refractivity (Wildman–Crippen MR) is 203 cm³/mol. The van der Waals surface area contributed by atoms with E-state index in [1.165, 1.54) is 107 Å².